The molecule has 3 aromatic rings. The van der Waals surface area contributed by atoms with Crippen molar-refractivity contribution in [3.8, 4) is 5.82 Å². The summed E-state index contributed by atoms with van der Waals surface area (Å²) in [5.41, 5.74) is 1.72. The number of hydrogen-bond acceptors (Lipinski definition) is 4. The standard InChI is InChI=1S/C11H7BrClN5/c1-6-2-9(14-5-8(6)12)18-10-7(4-16-18)3-15-11(13)17-10/h2-5H,1H3. The fourth-order valence-electron chi connectivity index (χ4n) is 1.60. The van der Waals surface area contributed by atoms with Gasteiger partial charge in [0.1, 0.15) is 0 Å². The lowest BCUT2D eigenvalue weighted by Gasteiger charge is -2.04. The summed E-state index contributed by atoms with van der Waals surface area (Å²) >= 11 is 9.22. The molecule has 0 unspecified atom stereocenters. The minimum atomic E-state index is 0.193. The molecule has 0 aliphatic carbocycles. The number of rotatable bonds is 1. The van der Waals surface area contributed by atoms with Crippen LogP contribution in [0.5, 0.6) is 0 Å². The smallest absolute Gasteiger partial charge is 0.224 e. The highest BCUT2D eigenvalue weighted by molar-refractivity contribution is 9.10. The summed E-state index contributed by atoms with van der Waals surface area (Å²) in [5.74, 6) is 0.695. The van der Waals surface area contributed by atoms with Gasteiger partial charge in [-0.15, -0.1) is 0 Å². The first-order chi connectivity index (χ1) is 8.65. The van der Waals surface area contributed by atoms with Gasteiger partial charge in [0.15, 0.2) is 11.5 Å². The first-order valence-corrected chi connectivity index (χ1v) is 6.31. The lowest BCUT2D eigenvalue weighted by Crippen LogP contribution is -2.01. The second-order valence-electron chi connectivity index (χ2n) is 3.77. The number of nitrogens with zero attached hydrogens (tertiary/aromatic N) is 5. The average Bonchev–Trinajstić information content (AvgIpc) is 2.75. The van der Waals surface area contributed by atoms with E-state index in [2.05, 4.69) is 36.0 Å². The molecule has 0 aliphatic rings. The van der Waals surface area contributed by atoms with Gasteiger partial charge in [-0.2, -0.15) is 14.8 Å². The maximum absolute atomic E-state index is 5.80. The number of fused-ring (bicyclic) bond motifs is 1. The third-order valence-corrected chi connectivity index (χ3v) is 3.54. The molecule has 0 atom stereocenters. The minimum absolute atomic E-state index is 0.193. The van der Waals surface area contributed by atoms with Crippen LogP contribution < -0.4 is 0 Å². The number of hydrogen-bond donors (Lipinski definition) is 0. The predicted octanol–water partition coefficient (Wildman–Crippen LogP) is 2.93. The molecule has 3 rings (SSSR count). The summed E-state index contributed by atoms with van der Waals surface area (Å²) in [4.78, 5) is 12.4. The normalized spacial score (nSPS) is 11.1. The van der Waals surface area contributed by atoms with Crippen molar-refractivity contribution in [1.82, 2.24) is 24.7 Å². The van der Waals surface area contributed by atoms with Gasteiger partial charge in [-0.3, -0.25) is 0 Å². The highest BCUT2D eigenvalue weighted by Crippen LogP contribution is 2.20. The summed E-state index contributed by atoms with van der Waals surface area (Å²) in [5, 5.41) is 5.27. The van der Waals surface area contributed by atoms with Crippen LogP contribution in [0.3, 0.4) is 0 Å². The Labute approximate surface area is 116 Å². The van der Waals surface area contributed by atoms with Gasteiger partial charge in [0.25, 0.3) is 0 Å². The molecule has 0 amide bonds. The Morgan fingerprint density at radius 1 is 1.22 bits per heavy atom. The zero-order valence-electron chi connectivity index (χ0n) is 9.30. The van der Waals surface area contributed by atoms with Gasteiger partial charge < -0.3 is 0 Å². The van der Waals surface area contributed by atoms with Gasteiger partial charge in [0.2, 0.25) is 5.28 Å². The Hall–Kier alpha value is -1.53. The van der Waals surface area contributed by atoms with Gasteiger partial charge in [-0.05, 0) is 46.1 Å². The predicted molar refractivity (Wildman–Crippen MR) is 71.9 cm³/mol. The van der Waals surface area contributed by atoms with Gasteiger partial charge in [-0.1, -0.05) is 0 Å². The summed E-state index contributed by atoms with van der Waals surface area (Å²) in [6.45, 7) is 1.99. The van der Waals surface area contributed by atoms with Crippen molar-refractivity contribution in [3.05, 3.63) is 40.0 Å². The molecule has 0 fully saturated rings. The first-order valence-electron chi connectivity index (χ1n) is 5.14. The molecule has 0 saturated carbocycles. The molecule has 0 N–H and O–H groups in total. The van der Waals surface area contributed by atoms with Crippen molar-refractivity contribution in [2.75, 3.05) is 0 Å². The lowest BCUT2D eigenvalue weighted by molar-refractivity contribution is 0.858. The maximum Gasteiger partial charge on any atom is 0.224 e. The Morgan fingerprint density at radius 2 is 2.06 bits per heavy atom. The van der Waals surface area contributed by atoms with Crippen molar-refractivity contribution >= 4 is 38.6 Å². The Bertz CT molecular complexity index is 739. The van der Waals surface area contributed by atoms with E-state index in [9.17, 15) is 0 Å². The number of aryl methyl sites for hydroxylation is 1. The molecule has 7 heteroatoms. The van der Waals surface area contributed by atoms with Crippen molar-refractivity contribution in [1.29, 1.82) is 0 Å². The summed E-state index contributed by atoms with van der Waals surface area (Å²) in [6.07, 6.45) is 5.06. The molecule has 0 bridgehead atoms. The molecule has 0 aromatic carbocycles. The Kier molecular flexibility index (Phi) is 2.76. The maximum atomic E-state index is 5.80. The average molecular weight is 325 g/mol. The van der Waals surface area contributed by atoms with Crippen LogP contribution in [0.15, 0.2) is 29.1 Å². The van der Waals surface area contributed by atoms with E-state index in [0.717, 1.165) is 15.4 Å². The monoisotopic (exact) mass is 323 g/mol. The second-order valence-corrected chi connectivity index (χ2v) is 4.96. The zero-order chi connectivity index (χ0) is 12.7. The van der Waals surface area contributed by atoms with E-state index >= 15 is 0 Å². The second kappa shape index (κ2) is 4.29. The highest BCUT2D eigenvalue weighted by atomic mass is 79.9. The van der Waals surface area contributed by atoms with Crippen molar-refractivity contribution in [2.45, 2.75) is 6.92 Å². The molecular formula is C11H7BrClN5. The van der Waals surface area contributed by atoms with Crippen LogP contribution >= 0.6 is 27.5 Å². The number of aromatic nitrogens is 5. The molecule has 5 nitrogen and oxygen atoms in total. The largest absolute Gasteiger partial charge is 0.236 e. The summed E-state index contributed by atoms with van der Waals surface area (Å²) < 4.78 is 2.60. The molecule has 3 heterocycles. The van der Waals surface area contributed by atoms with Gasteiger partial charge in [-0.25, -0.2) is 9.97 Å². The lowest BCUT2D eigenvalue weighted by atomic mass is 10.3. The molecule has 0 radical (unpaired) electrons. The summed E-state index contributed by atoms with van der Waals surface area (Å²) in [6, 6.07) is 1.92. The van der Waals surface area contributed by atoms with Gasteiger partial charge >= 0.3 is 0 Å². The highest BCUT2D eigenvalue weighted by Gasteiger charge is 2.09. The Balaban J connectivity index is 2.24. The fourth-order valence-corrected chi connectivity index (χ4v) is 1.95. The SMILES string of the molecule is Cc1cc(-n2ncc3cnc(Cl)nc32)ncc1Br. The van der Waals surface area contributed by atoms with Crippen LogP contribution in [-0.4, -0.2) is 24.7 Å². The summed E-state index contributed by atoms with van der Waals surface area (Å²) in [7, 11) is 0. The van der Waals surface area contributed by atoms with E-state index in [1.807, 2.05) is 13.0 Å². The Morgan fingerprint density at radius 3 is 2.83 bits per heavy atom. The zero-order valence-corrected chi connectivity index (χ0v) is 11.6. The minimum Gasteiger partial charge on any atom is -0.236 e. The molecule has 3 aromatic heterocycles. The molecule has 0 spiro atoms. The van der Waals surface area contributed by atoms with E-state index in [-0.39, 0.29) is 5.28 Å². The fraction of sp³-hybridized carbons (Fsp3) is 0.0909. The molecule has 0 aliphatic heterocycles. The van der Waals surface area contributed by atoms with E-state index in [0.29, 0.717) is 11.5 Å². The van der Waals surface area contributed by atoms with Crippen LogP contribution in [0.2, 0.25) is 5.28 Å². The van der Waals surface area contributed by atoms with Crippen molar-refractivity contribution < 1.29 is 0 Å². The van der Waals surface area contributed by atoms with E-state index in [1.165, 1.54) is 0 Å². The van der Waals surface area contributed by atoms with Crippen LogP contribution in [-0.2, 0) is 0 Å². The molecular weight excluding hydrogens is 318 g/mol. The van der Waals surface area contributed by atoms with Gasteiger partial charge in [0.05, 0.1) is 11.6 Å². The van der Waals surface area contributed by atoms with Crippen LogP contribution in [0.4, 0.5) is 0 Å². The first kappa shape index (κ1) is 11.6. The van der Waals surface area contributed by atoms with E-state index in [1.54, 1.807) is 23.3 Å². The van der Waals surface area contributed by atoms with E-state index < -0.39 is 0 Å². The van der Waals surface area contributed by atoms with Crippen LogP contribution in [0.1, 0.15) is 5.56 Å². The number of halogens is 2. The van der Waals surface area contributed by atoms with Crippen molar-refractivity contribution in [2.24, 2.45) is 0 Å². The van der Waals surface area contributed by atoms with E-state index in [4.69, 9.17) is 11.6 Å². The van der Waals surface area contributed by atoms with Crippen molar-refractivity contribution in [3.63, 3.8) is 0 Å². The number of pyridine rings is 1. The third kappa shape index (κ3) is 1.87. The topological polar surface area (TPSA) is 56.5 Å². The van der Waals surface area contributed by atoms with Crippen LogP contribution in [0.25, 0.3) is 16.9 Å². The third-order valence-electron chi connectivity index (χ3n) is 2.53. The van der Waals surface area contributed by atoms with Gasteiger partial charge in [0, 0.05) is 16.9 Å². The molecule has 18 heavy (non-hydrogen) atoms. The quantitative estimate of drug-likeness (QED) is 0.646. The van der Waals surface area contributed by atoms with Crippen LogP contribution in [0, 0.1) is 6.92 Å². The molecule has 90 valence electrons. The molecule has 0 saturated heterocycles.